The molecule has 1 aromatic heterocycles. The third-order valence-corrected chi connectivity index (χ3v) is 3.21. The fraction of sp³-hybridized carbons (Fsp3) is 0.267. The molecule has 2 rings (SSSR count). The number of benzene rings is 1. The SMILES string of the molecule is CNC(c1ccccc1F)C(C)c1ccccn1. The van der Waals surface area contributed by atoms with Crippen LogP contribution in [0.15, 0.2) is 48.7 Å². The van der Waals surface area contributed by atoms with Gasteiger partial charge in [0.2, 0.25) is 0 Å². The van der Waals surface area contributed by atoms with Gasteiger partial charge in [-0.25, -0.2) is 4.39 Å². The number of halogens is 1. The molecule has 1 N–H and O–H groups in total. The van der Waals surface area contributed by atoms with Crippen molar-refractivity contribution in [1.82, 2.24) is 10.3 Å². The van der Waals surface area contributed by atoms with Crippen LogP contribution in [0.5, 0.6) is 0 Å². The Bertz CT molecular complexity index is 499. The molecule has 0 saturated carbocycles. The van der Waals surface area contributed by atoms with Gasteiger partial charge in [0.15, 0.2) is 0 Å². The average Bonchev–Trinajstić information content (AvgIpc) is 2.42. The summed E-state index contributed by atoms with van der Waals surface area (Å²) in [5.74, 6) is -0.0762. The molecular formula is C15H17FN2. The van der Waals surface area contributed by atoms with Crippen LogP contribution in [0.3, 0.4) is 0 Å². The Labute approximate surface area is 107 Å². The van der Waals surface area contributed by atoms with Crippen molar-refractivity contribution in [2.24, 2.45) is 0 Å². The average molecular weight is 244 g/mol. The van der Waals surface area contributed by atoms with E-state index in [2.05, 4.69) is 17.2 Å². The normalized spacial score (nSPS) is 14.2. The molecule has 0 radical (unpaired) electrons. The van der Waals surface area contributed by atoms with Crippen molar-refractivity contribution in [3.05, 3.63) is 65.7 Å². The fourth-order valence-corrected chi connectivity index (χ4v) is 2.22. The topological polar surface area (TPSA) is 24.9 Å². The van der Waals surface area contributed by atoms with Crippen molar-refractivity contribution < 1.29 is 4.39 Å². The zero-order valence-corrected chi connectivity index (χ0v) is 10.6. The van der Waals surface area contributed by atoms with Crippen molar-refractivity contribution in [2.75, 3.05) is 7.05 Å². The van der Waals surface area contributed by atoms with Crippen LogP contribution >= 0.6 is 0 Å². The monoisotopic (exact) mass is 244 g/mol. The molecule has 0 amide bonds. The summed E-state index contributed by atoms with van der Waals surface area (Å²) in [6.07, 6.45) is 1.76. The molecule has 0 aliphatic rings. The zero-order valence-electron chi connectivity index (χ0n) is 10.6. The highest BCUT2D eigenvalue weighted by Gasteiger charge is 2.22. The molecule has 0 aliphatic carbocycles. The quantitative estimate of drug-likeness (QED) is 0.892. The van der Waals surface area contributed by atoms with Crippen LogP contribution in [0, 0.1) is 5.82 Å². The van der Waals surface area contributed by atoms with Crippen molar-refractivity contribution in [1.29, 1.82) is 0 Å². The molecule has 18 heavy (non-hydrogen) atoms. The third-order valence-electron chi connectivity index (χ3n) is 3.21. The van der Waals surface area contributed by atoms with Crippen LogP contribution < -0.4 is 5.32 Å². The molecular weight excluding hydrogens is 227 g/mol. The molecule has 1 heterocycles. The molecule has 3 heteroatoms. The van der Waals surface area contributed by atoms with Gasteiger partial charge in [-0.2, -0.15) is 0 Å². The lowest BCUT2D eigenvalue weighted by Gasteiger charge is -2.24. The minimum atomic E-state index is -0.181. The van der Waals surface area contributed by atoms with Crippen LogP contribution in [-0.2, 0) is 0 Å². The minimum absolute atomic E-state index is 0.0823. The number of aromatic nitrogens is 1. The minimum Gasteiger partial charge on any atom is -0.312 e. The Kier molecular flexibility index (Phi) is 4.05. The van der Waals surface area contributed by atoms with Gasteiger partial charge >= 0.3 is 0 Å². The van der Waals surface area contributed by atoms with Crippen LogP contribution in [0.1, 0.15) is 30.1 Å². The molecule has 0 saturated heterocycles. The van der Waals surface area contributed by atoms with E-state index in [0.29, 0.717) is 5.56 Å². The van der Waals surface area contributed by atoms with E-state index >= 15 is 0 Å². The highest BCUT2D eigenvalue weighted by Crippen LogP contribution is 2.30. The van der Waals surface area contributed by atoms with Gasteiger partial charge < -0.3 is 5.32 Å². The second-order valence-electron chi connectivity index (χ2n) is 4.33. The maximum atomic E-state index is 13.8. The van der Waals surface area contributed by atoms with Gasteiger partial charge in [-0.3, -0.25) is 4.98 Å². The van der Waals surface area contributed by atoms with Gasteiger partial charge in [0, 0.05) is 29.4 Å². The van der Waals surface area contributed by atoms with E-state index in [1.165, 1.54) is 6.07 Å². The highest BCUT2D eigenvalue weighted by atomic mass is 19.1. The molecule has 0 fully saturated rings. The Balaban J connectivity index is 2.32. The van der Waals surface area contributed by atoms with E-state index in [9.17, 15) is 4.39 Å². The van der Waals surface area contributed by atoms with E-state index in [0.717, 1.165) is 5.69 Å². The summed E-state index contributed by atoms with van der Waals surface area (Å²) in [6, 6.07) is 12.6. The highest BCUT2D eigenvalue weighted by molar-refractivity contribution is 5.25. The number of likely N-dealkylation sites (N-methyl/N-ethyl adjacent to an activating group) is 1. The molecule has 2 atom stereocenters. The summed E-state index contributed by atoms with van der Waals surface area (Å²) in [6.45, 7) is 2.05. The molecule has 94 valence electrons. The maximum Gasteiger partial charge on any atom is 0.128 e. The van der Waals surface area contributed by atoms with E-state index in [1.807, 2.05) is 37.4 Å². The van der Waals surface area contributed by atoms with Gasteiger partial charge in [0.05, 0.1) is 0 Å². The van der Waals surface area contributed by atoms with E-state index in [1.54, 1.807) is 12.3 Å². The second-order valence-corrected chi connectivity index (χ2v) is 4.33. The van der Waals surface area contributed by atoms with Crippen LogP contribution in [0.25, 0.3) is 0 Å². The van der Waals surface area contributed by atoms with E-state index in [-0.39, 0.29) is 17.8 Å². The lowest BCUT2D eigenvalue weighted by molar-refractivity contribution is 0.471. The summed E-state index contributed by atoms with van der Waals surface area (Å²) in [5, 5.41) is 3.18. The van der Waals surface area contributed by atoms with Gasteiger partial charge in [0.25, 0.3) is 0 Å². The first-order chi connectivity index (χ1) is 8.74. The van der Waals surface area contributed by atoms with Crippen molar-refractivity contribution in [3.8, 4) is 0 Å². The lowest BCUT2D eigenvalue weighted by atomic mass is 9.91. The molecule has 2 aromatic rings. The zero-order chi connectivity index (χ0) is 13.0. The number of nitrogens with zero attached hydrogens (tertiary/aromatic N) is 1. The first-order valence-corrected chi connectivity index (χ1v) is 6.06. The third kappa shape index (κ3) is 2.57. The van der Waals surface area contributed by atoms with Gasteiger partial charge in [-0.05, 0) is 25.2 Å². The summed E-state index contributed by atoms with van der Waals surface area (Å²) < 4.78 is 13.8. The van der Waals surface area contributed by atoms with Crippen LogP contribution in [0.2, 0.25) is 0 Å². The summed E-state index contributed by atoms with van der Waals surface area (Å²) >= 11 is 0. The Morgan fingerprint density at radius 2 is 1.83 bits per heavy atom. The summed E-state index contributed by atoms with van der Waals surface area (Å²) in [7, 11) is 1.84. The fourth-order valence-electron chi connectivity index (χ4n) is 2.22. The van der Waals surface area contributed by atoms with Crippen molar-refractivity contribution in [3.63, 3.8) is 0 Å². The number of pyridine rings is 1. The predicted molar refractivity (Wildman–Crippen MR) is 70.9 cm³/mol. The van der Waals surface area contributed by atoms with Crippen molar-refractivity contribution in [2.45, 2.75) is 18.9 Å². The van der Waals surface area contributed by atoms with Gasteiger partial charge in [0.1, 0.15) is 5.82 Å². The number of hydrogen-bond acceptors (Lipinski definition) is 2. The largest absolute Gasteiger partial charge is 0.312 e. The molecule has 2 unspecified atom stereocenters. The smallest absolute Gasteiger partial charge is 0.128 e. The number of hydrogen-bond donors (Lipinski definition) is 1. The van der Waals surface area contributed by atoms with Gasteiger partial charge in [-0.15, -0.1) is 0 Å². The number of nitrogens with one attached hydrogen (secondary N) is 1. The Hall–Kier alpha value is -1.74. The van der Waals surface area contributed by atoms with E-state index in [4.69, 9.17) is 0 Å². The standard InChI is InChI=1S/C15H17FN2/c1-11(14-9-5-6-10-18-14)15(17-2)12-7-3-4-8-13(12)16/h3-11,15,17H,1-2H3. The number of rotatable bonds is 4. The molecule has 2 nitrogen and oxygen atoms in total. The molecule has 0 bridgehead atoms. The Morgan fingerprint density at radius 1 is 1.11 bits per heavy atom. The predicted octanol–water partition coefficient (Wildman–Crippen LogP) is 3.28. The van der Waals surface area contributed by atoms with E-state index < -0.39 is 0 Å². The maximum absolute atomic E-state index is 13.8. The van der Waals surface area contributed by atoms with Crippen LogP contribution in [-0.4, -0.2) is 12.0 Å². The first-order valence-electron chi connectivity index (χ1n) is 6.06. The Morgan fingerprint density at radius 3 is 2.44 bits per heavy atom. The van der Waals surface area contributed by atoms with Crippen LogP contribution in [0.4, 0.5) is 4.39 Å². The second kappa shape index (κ2) is 5.74. The first kappa shape index (κ1) is 12.7. The summed E-state index contributed by atoms with van der Waals surface area (Å²) in [4.78, 5) is 4.34. The lowest BCUT2D eigenvalue weighted by Crippen LogP contribution is -2.23. The summed E-state index contributed by atoms with van der Waals surface area (Å²) in [5.41, 5.74) is 1.64. The molecule has 0 aliphatic heterocycles. The van der Waals surface area contributed by atoms with Crippen molar-refractivity contribution >= 4 is 0 Å². The molecule has 0 spiro atoms. The molecule has 1 aromatic carbocycles. The van der Waals surface area contributed by atoms with Gasteiger partial charge in [-0.1, -0.05) is 31.2 Å².